The molecule has 0 bridgehead atoms. The van der Waals surface area contributed by atoms with E-state index in [1.807, 2.05) is 20.0 Å². The molecule has 2 fully saturated rings. The number of hydrogen-bond acceptors (Lipinski definition) is 5. The number of aryl methyl sites for hydroxylation is 1. The van der Waals surface area contributed by atoms with Crippen molar-refractivity contribution in [1.29, 1.82) is 0 Å². The molecule has 2 aliphatic rings. The summed E-state index contributed by atoms with van der Waals surface area (Å²) in [5.74, 6) is 1.06. The second-order valence-electron chi connectivity index (χ2n) is 5.88. The van der Waals surface area contributed by atoms with Crippen LogP contribution < -0.4 is 10.2 Å². The van der Waals surface area contributed by atoms with E-state index in [1.54, 1.807) is 7.11 Å². The van der Waals surface area contributed by atoms with Gasteiger partial charge in [0.1, 0.15) is 5.82 Å². The lowest BCUT2D eigenvalue weighted by molar-refractivity contribution is 0.0412. The summed E-state index contributed by atoms with van der Waals surface area (Å²) in [5, 5.41) is 12.1. The maximum atomic E-state index is 8.75. The monoisotopic (exact) mass is 337 g/mol. The van der Waals surface area contributed by atoms with Gasteiger partial charge in [0.05, 0.1) is 6.10 Å². The number of piperazine rings is 1. The lowest BCUT2D eigenvalue weighted by Crippen LogP contribution is -2.43. The maximum absolute atomic E-state index is 8.75. The quantitative estimate of drug-likeness (QED) is 0.865. The van der Waals surface area contributed by atoms with Crippen LogP contribution in [0, 0.1) is 0 Å². The third kappa shape index (κ3) is 7.60. The van der Waals surface area contributed by atoms with E-state index >= 15 is 0 Å². The normalized spacial score (nSPS) is 17.1. The van der Waals surface area contributed by atoms with Crippen molar-refractivity contribution in [2.45, 2.75) is 52.1 Å². The number of aliphatic hydroxyl groups is 1. The molecule has 3 rings (SSSR count). The molecule has 0 radical (unpaired) electrons. The Bertz CT molecular complexity index is 399. The summed E-state index contributed by atoms with van der Waals surface area (Å²) in [4.78, 5) is 6.77. The first-order valence-corrected chi connectivity index (χ1v) is 9.37. The van der Waals surface area contributed by atoms with Crippen LogP contribution in [0.3, 0.4) is 0 Å². The number of nitrogens with one attached hydrogen (secondary N) is 1. The van der Waals surface area contributed by atoms with E-state index in [1.165, 1.54) is 24.8 Å². The molecule has 1 saturated carbocycles. The molecular weight excluding hydrogens is 302 g/mol. The molecule has 24 heavy (non-hydrogen) atoms. The van der Waals surface area contributed by atoms with Gasteiger partial charge in [0, 0.05) is 46.1 Å². The summed E-state index contributed by atoms with van der Waals surface area (Å²) in [5.41, 5.74) is 1.20. The maximum Gasteiger partial charge on any atom is 0.128 e. The molecule has 2 N–H and O–H groups in total. The number of aromatic nitrogens is 1. The summed E-state index contributed by atoms with van der Waals surface area (Å²) >= 11 is 0. The summed E-state index contributed by atoms with van der Waals surface area (Å²) in [6.45, 7) is 8.38. The zero-order valence-corrected chi connectivity index (χ0v) is 15.6. The smallest absolute Gasteiger partial charge is 0.128 e. The molecule has 1 aliphatic heterocycles. The number of hydrogen-bond donors (Lipinski definition) is 2. The molecule has 0 aromatic carbocycles. The predicted molar refractivity (Wildman–Crippen MR) is 101 cm³/mol. The van der Waals surface area contributed by atoms with Gasteiger partial charge in [-0.1, -0.05) is 19.9 Å². The number of nitrogens with zero attached hydrogens (tertiary/aromatic N) is 2. The predicted octanol–water partition coefficient (Wildman–Crippen LogP) is 2.63. The molecule has 0 spiro atoms. The Labute approximate surface area is 147 Å². The Hall–Kier alpha value is -1.17. The van der Waals surface area contributed by atoms with Gasteiger partial charge >= 0.3 is 0 Å². The number of rotatable bonds is 5. The molecular formula is C19H35N3O2. The SMILES string of the molecule is CC.COC1CCC1.OCCCc1ccc(N2CCNCC2)nc1. The number of aliphatic hydroxyl groups excluding tert-OH is 1. The average Bonchev–Trinajstić information content (AvgIpc) is 2.62. The molecule has 0 atom stereocenters. The third-order valence-electron chi connectivity index (χ3n) is 4.26. The van der Waals surface area contributed by atoms with Crippen LogP contribution in [-0.4, -0.2) is 56.1 Å². The minimum atomic E-state index is 0.250. The van der Waals surface area contributed by atoms with E-state index in [2.05, 4.69) is 27.3 Å². The molecule has 1 saturated heterocycles. The van der Waals surface area contributed by atoms with Gasteiger partial charge in [-0.25, -0.2) is 4.98 Å². The molecule has 0 unspecified atom stereocenters. The van der Waals surface area contributed by atoms with Gasteiger partial charge in [0.25, 0.3) is 0 Å². The Morgan fingerprint density at radius 3 is 2.38 bits per heavy atom. The second-order valence-corrected chi connectivity index (χ2v) is 5.88. The zero-order valence-electron chi connectivity index (χ0n) is 15.6. The highest BCUT2D eigenvalue weighted by Crippen LogP contribution is 2.20. The second kappa shape index (κ2) is 13.2. The van der Waals surface area contributed by atoms with Gasteiger partial charge in [-0.05, 0) is 43.7 Å². The first kappa shape index (κ1) is 20.9. The van der Waals surface area contributed by atoms with Gasteiger partial charge in [0.2, 0.25) is 0 Å². The van der Waals surface area contributed by atoms with Crippen LogP contribution in [0.2, 0.25) is 0 Å². The van der Waals surface area contributed by atoms with Crippen molar-refractivity contribution in [1.82, 2.24) is 10.3 Å². The number of ether oxygens (including phenoxy) is 1. The number of pyridine rings is 1. The minimum absolute atomic E-state index is 0.250. The minimum Gasteiger partial charge on any atom is -0.396 e. The van der Waals surface area contributed by atoms with Gasteiger partial charge in [-0.15, -0.1) is 0 Å². The van der Waals surface area contributed by atoms with Crippen LogP contribution in [0.4, 0.5) is 5.82 Å². The van der Waals surface area contributed by atoms with E-state index in [4.69, 9.17) is 9.84 Å². The third-order valence-corrected chi connectivity index (χ3v) is 4.26. The molecule has 2 heterocycles. The molecule has 1 aromatic heterocycles. The summed E-state index contributed by atoms with van der Waals surface area (Å²) < 4.78 is 4.99. The Kier molecular flexibility index (Phi) is 11.4. The van der Waals surface area contributed by atoms with E-state index in [9.17, 15) is 0 Å². The zero-order chi connectivity index (χ0) is 17.6. The van der Waals surface area contributed by atoms with Crippen LogP contribution in [0.1, 0.15) is 45.1 Å². The molecule has 0 amide bonds. The lowest BCUT2D eigenvalue weighted by atomic mass is 9.96. The van der Waals surface area contributed by atoms with E-state index < -0.39 is 0 Å². The van der Waals surface area contributed by atoms with Crippen LogP contribution in [0.25, 0.3) is 0 Å². The fourth-order valence-electron chi connectivity index (χ4n) is 2.54. The van der Waals surface area contributed by atoms with Crippen molar-refractivity contribution in [2.75, 3.05) is 44.8 Å². The molecule has 5 heteroatoms. The average molecular weight is 338 g/mol. The molecule has 5 nitrogen and oxygen atoms in total. The molecule has 138 valence electrons. The highest BCUT2D eigenvalue weighted by Gasteiger charge is 2.14. The Morgan fingerprint density at radius 1 is 1.25 bits per heavy atom. The van der Waals surface area contributed by atoms with E-state index in [-0.39, 0.29) is 6.61 Å². The first-order chi connectivity index (χ1) is 11.8. The van der Waals surface area contributed by atoms with Crippen LogP contribution in [0.15, 0.2) is 18.3 Å². The highest BCUT2D eigenvalue weighted by atomic mass is 16.5. The van der Waals surface area contributed by atoms with Gasteiger partial charge < -0.3 is 20.1 Å². The molecule has 1 aliphatic carbocycles. The largest absolute Gasteiger partial charge is 0.396 e. The molecule has 1 aromatic rings. The lowest BCUT2D eigenvalue weighted by Gasteiger charge is -2.28. The van der Waals surface area contributed by atoms with Crippen molar-refractivity contribution in [3.63, 3.8) is 0 Å². The fraction of sp³-hybridized carbons (Fsp3) is 0.737. The Morgan fingerprint density at radius 2 is 1.96 bits per heavy atom. The van der Waals surface area contributed by atoms with Crippen LogP contribution in [-0.2, 0) is 11.2 Å². The fourth-order valence-corrected chi connectivity index (χ4v) is 2.54. The van der Waals surface area contributed by atoms with E-state index in [0.717, 1.165) is 44.8 Å². The highest BCUT2D eigenvalue weighted by molar-refractivity contribution is 5.39. The van der Waals surface area contributed by atoms with Gasteiger partial charge in [0.15, 0.2) is 0 Å². The van der Waals surface area contributed by atoms with Gasteiger partial charge in [-0.2, -0.15) is 0 Å². The summed E-state index contributed by atoms with van der Waals surface area (Å²) in [6.07, 6.45) is 8.21. The Balaban J connectivity index is 0.000000300. The van der Waals surface area contributed by atoms with Crippen molar-refractivity contribution in [2.24, 2.45) is 0 Å². The van der Waals surface area contributed by atoms with Crippen molar-refractivity contribution in [3.05, 3.63) is 23.9 Å². The van der Waals surface area contributed by atoms with Crippen molar-refractivity contribution < 1.29 is 9.84 Å². The summed E-state index contributed by atoms with van der Waals surface area (Å²) in [6, 6.07) is 4.19. The van der Waals surface area contributed by atoms with Crippen LogP contribution in [0.5, 0.6) is 0 Å². The first-order valence-electron chi connectivity index (χ1n) is 9.37. The standard InChI is InChI=1S/C12H19N3O.C5H10O.C2H6/c16-9-1-2-11-3-4-12(14-10-11)15-7-5-13-6-8-15;1-6-5-3-2-4-5;1-2/h3-4,10,13,16H,1-2,5-9H2;5H,2-4H2,1H3;1-2H3. The number of anilines is 1. The van der Waals surface area contributed by atoms with Crippen molar-refractivity contribution >= 4 is 5.82 Å². The van der Waals surface area contributed by atoms with E-state index in [0.29, 0.717) is 6.10 Å². The van der Waals surface area contributed by atoms with Gasteiger partial charge in [-0.3, -0.25) is 0 Å². The van der Waals surface area contributed by atoms with Crippen LogP contribution >= 0.6 is 0 Å². The topological polar surface area (TPSA) is 57.6 Å². The van der Waals surface area contributed by atoms with Crippen molar-refractivity contribution in [3.8, 4) is 0 Å². The number of methoxy groups -OCH3 is 1. The summed E-state index contributed by atoms with van der Waals surface area (Å²) in [7, 11) is 1.78.